The number of aliphatic hydroxyl groups is 1. The van der Waals surface area contributed by atoms with Crippen LogP contribution in [-0.2, 0) is 0 Å². The Balaban J connectivity index is 2.52. The van der Waals surface area contributed by atoms with Crippen molar-refractivity contribution < 1.29 is 5.11 Å². The summed E-state index contributed by atoms with van der Waals surface area (Å²) >= 11 is 0. The van der Waals surface area contributed by atoms with Crippen LogP contribution in [0.2, 0.25) is 0 Å². The van der Waals surface area contributed by atoms with Gasteiger partial charge in [-0.2, -0.15) is 0 Å². The minimum atomic E-state index is 0.339. The van der Waals surface area contributed by atoms with E-state index >= 15 is 0 Å². The maximum absolute atomic E-state index is 8.94. The van der Waals surface area contributed by atoms with E-state index in [1.165, 1.54) is 19.3 Å². The SMILES string of the molecule is CC(C)/C=C1\CC[C@](C)(CCO)C1. The highest BCUT2D eigenvalue weighted by Gasteiger charge is 2.30. The van der Waals surface area contributed by atoms with Crippen LogP contribution >= 0.6 is 0 Å². The van der Waals surface area contributed by atoms with E-state index in [-0.39, 0.29) is 0 Å². The average molecular weight is 182 g/mol. The normalized spacial score (nSPS) is 31.9. The monoisotopic (exact) mass is 182 g/mol. The zero-order valence-electron chi connectivity index (χ0n) is 9.14. The molecule has 0 bridgehead atoms. The van der Waals surface area contributed by atoms with Crippen LogP contribution in [0.5, 0.6) is 0 Å². The summed E-state index contributed by atoms with van der Waals surface area (Å²) in [6.07, 6.45) is 7.05. The lowest BCUT2D eigenvalue weighted by Gasteiger charge is -2.21. The number of rotatable bonds is 3. The summed E-state index contributed by atoms with van der Waals surface area (Å²) in [6, 6.07) is 0. The van der Waals surface area contributed by atoms with Gasteiger partial charge >= 0.3 is 0 Å². The van der Waals surface area contributed by atoms with E-state index in [9.17, 15) is 0 Å². The summed E-state index contributed by atoms with van der Waals surface area (Å²) in [5.41, 5.74) is 1.99. The summed E-state index contributed by atoms with van der Waals surface area (Å²) < 4.78 is 0. The van der Waals surface area contributed by atoms with Crippen LogP contribution < -0.4 is 0 Å². The van der Waals surface area contributed by atoms with E-state index in [0.717, 1.165) is 6.42 Å². The molecule has 76 valence electrons. The van der Waals surface area contributed by atoms with Crippen molar-refractivity contribution in [3.8, 4) is 0 Å². The van der Waals surface area contributed by atoms with Gasteiger partial charge < -0.3 is 5.11 Å². The van der Waals surface area contributed by atoms with Crippen molar-refractivity contribution in [1.82, 2.24) is 0 Å². The second-order valence-corrected chi connectivity index (χ2v) is 5.03. The first-order valence-corrected chi connectivity index (χ1v) is 5.36. The topological polar surface area (TPSA) is 20.2 Å². The number of aliphatic hydroxyl groups excluding tert-OH is 1. The molecule has 0 spiro atoms. The smallest absolute Gasteiger partial charge is 0.0436 e. The molecule has 1 aliphatic carbocycles. The molecule has 0 heterocycles. The highest BCUT2D eigenvalue weighted by atomic mass is 16.3. The second-order valence-electron chi connectivity index (χ2n) is 5.03. The molecule has 1 fully saturated rings. The van der Waals surface area contributed by atoms with Gasteiger partial charge in [-0.1, -0.05) is 32.4 Å². The maximum Gasteiger partial charge on any atom is 0.0436 e. The third kappa shape index (κ3) is 3.15. The van der Waals surface area contributed by atoms with Crippen molar-refractivity contribution >= 4 is 0 Å². The summed E-state index contributed by atoms with van der Waals surface area (Å²) in [7, 11) is 0. The van der Waals surface area contributed by atoms with Crippen LogP contribution in [0, 0.1) is 11.3 Å². The first kappa shape index (κ1) is 10.8. The molecule has 13 heavy (non-hydrogen) atoms. The maximum atomic E-state index is 8.94. The first-order valence-electron chi connectivity index (χ1n) is 5.36. The van der Waals surface area contributed by atoms with Crippen molar-refractivity contribution in [3.63, 3.8) is 0 Å². The van der Waals surface area contributed by atoms with E-state index in [4.69, 9.17) is 5.11 Å². The standard InChI is InChI=1S/C12H22O/c1-10(2)8-11-4-5-12(3,9-11)6-7-13/h8,10,13H,4-7,9H2,1-3H3/b11-8+/t12-/m1/s1. The third-order valence-corrected chi connectivity index (χ3v) is 2.99. The quantitative estimate of drug-likeness (QED) is 0.665. The summed E-state index contributed by atoms with van der Waals surface area (Å²) in [5.74, 6) is 0.673. The summed E-state index contributed by atoms with van der Waals surface area (Å²) in [5, 5.41) is 8.94. The molecule has 1 saturated carbocycles. The third-order valence-electron chi connectivity index (χ3n) is 2.99. The molecule has 1 aliphatic rings. The van der Waals surface area contributed by atoms with Crippen LogP contribution in [-0.4, -0.2) is 11.7 Å². The Labute approximate surface area is 81.9 Å². The number of hydrogen-bond acceptors (Lipinski definition) is 1. The first-order chi connectivity index (χ1) is 6.06. The van der Waals surface area contributed by atoms with Gasteiger partial charge in [0, 0.05) is 6.61 Å². The van der Waals surface area contributed by atoms with Crippen molar-refractivity contribution in [2.45, 2.75) is 46.5 Å². The van der Waals surface area contributed by atoms with E-state index in [2.05, 4.69) is 26.8 Å². The van der Waals surface area contributed by atoms with Gasteiger partial charge in [-0.05, 0) is 37.0 Å². The number of hydrogen-bond donors (Lipinski definition) is 1. The molecule has 0 aliphatic heterocycles. The molecule has 0 amide bonds. The van der Waals surface area contributed by atoms with Crippen molar-refractivity contribution in [1.29, 1.82) is 0 Å². The van der Waals surface area contributed by atoms with Crippen LogP contribution in [0.15, 0.2) is 11.6 Å². The summed E-state index contributed by atoms with van der Waals surface area (Å²) in [4.78, 5) is 0. The molecular formula is C12H22O. The van der Waals surface area contributed by atoms with Crippen molar-refractivity contribution in [3.05, 3.63) is 11.6 Å². The van der Waals surface area contributed by atoms with Gasteiger partial charge in [-0.3, -0.25) is 0 Å². The molecule has 0 saturated heterocycles. The van der Waals surface area contributed by atoms with Crippen LogP contribution in [0.4, 0.5) is 0 Å². The molecule has 1 rings (SSSR count). The minimum Gasteiger partial charge on any atom is -0.396 e. The van der Waals surface area contributed by atoms with Crippen LogP contribution in [0.25, 0.3) is 0 Å². The van der Waals surface area contributed by atoms with Gasteiger partial charge in [0.25, 0.3) is 0 Å². The molecule has 0 aromatic heterocycles. The van der Waals surface area contributed by atoms with Gasteiger partial charge in [0.1, 0.15) is 0 Å². The summed E-state index contributed by atoms with van der Waals surface area (Å²) in [6.45, 7) is 7.10. The zero-order chi connectivity index (χ0) is 9.90. The lowest BCUT2D eigenvalue weighted by Crippen LogP contribution is -2.12. The molecule has 0 radical (unpaired) electrons. The minimum absolute atomic E-state index is 0.339. The van der Waals surface area contributed by atoms with E-state index in [1.54, 1.807) is 5.57 Å². The van der Waals surface area contributed by atoms with Gasteiger partial charge in [-0.15, -0.1) is 0 Å². The molecular weight excluding hydrogens is 160 g/mol. The lowest BCUT2D eigenvalue weighted by molar-refractivity contribution is 0.203. The second kappa shape index (κ2) is 4.28. The van der Waals surface area contributed by atoms with Crippen LogP contribution in [0.1, 0.15) is 46.5 Å². The molecule has 1 N–H and O–H groups in total. The van der Waals surface area contributed by atoms with Gasteiger partial charge in [-0.25, -0.2) is 0 Å². The predicted octanol–water partition coefficient (Wildman–Crippen LogP) is 3.14. The van der Waals surface area contributed by atoms with E-state index in [1.807, 2.05) is 0 Å². The van der Waals surface area contributed by atoms with Gasteiger partial charge in [0.05, 0.1) is 0 Å². The largest absolute Gasteiger partial charge is 0.396 e. The molecule has 1 atom stereocenters. The Kier molecular flexibility index (Phi) is 3.55. The van der Waals surface area contributed by atoms with E-state index in [0.29, 0.717) is 17.9 Å². The average Bonchev–Trinajstić information content (AvgIpc) is 2.31. The van der Waals surface area contributed by atoms with Crippen molar-refractivity contribution in [2.24, 2.45) is 11.3 Å². The molecule has 0 unspecified atom stereocenters. The fourth-order valence-corrected chi connectivity index (χ4v) is 2.28. The predicted molar refractivity (Wildman–Crippen MR) is 56.6 cm³/mol. The zero-order valence-corrected chi connectivity index (χ0v) is 9.14. The van der Waals surface area contributed by atoms with Crippen LogP contribution in [0.3, 0.4) is 0 Å². The van der Waals surface area contributed by atoms with E-state index < -0.39 is 0 Å². The highest BCUT2D eigenvalue weighted by molar-refractivity contribution is 5.12. The molecule has 1 nitrogen and oxygen atoms in total. The molecule has 0 aromatic carbocycles. The lowest BCUT2D eigenvalue weighted by atomic mass is 9.85. The van der Waals surface area contributed by atoms with Crippen molar-refractivity contribution in [2.75, 3.05) is 6.61 Å². The molecule has 0 aromatic rings. The Morgan fingerprint density at radius 3 is 2.77 bits per heavy atom. The fraction of sp³-hybridized carbons (Fsp3) is 0.833. The Morgan fingerprint density at radius 1 is 1.54 bits per heavy atom. The Hall–Kier alpha value is -0.300. The van der Waals surface area contributed by atoms with Gasteiger partial charge in [0.15, 0.2) is 0 Å². The highest BCUT2D eigenvalue weighted by Crippen LogP contribution is 2.43. The van der Waals surface area contributed by atoms with Gasteiger partial charge in [0.2, 0.25) is 0 Å². The Morgan fingerprint density at radius 2 is 2.23 bits per heavy atom. The fourth-order valence-electron chi connectivity index (χ4n) is 2.28. The number of allylic oxidation sites excluding steroid dienone is 2. The Bertz CT molecular complexity index is 193. The molecule has 1 heteroatoms.